The number of rotatable bonds is 10. The van der Waals surface area contributed by atoms with Crippen molar-refractivity contribution in [1.82, 2.24) is 10.2 Å². The van der Waals surface area contributed by atoms with E-state index in [0.717, 1.165) is 51.8 Å². The van der Waals surface area contributed by atoms with Gasteiger partial charge in [-0.3, -0.25) is 13.9 Å². The molecule has 0 saturated heterocycles. The van der Waals surface area contributed by atoms with E-state index < -0.39 is 28.5 Å². The fourth-order valence-electron chi connectivity index (χ4n) is 4.40. The standard InChI is InChI=1S/C26H34BrN3O5S/c1-18-12-13-24(35-3)23(14-18)30(36(4,33)34)17-25(31)29(16-20-8-7-9-21(27)15-20)19(2)26(32)28-22-10-5-6-11-22/h7-9,12-15,19,22H,5-6,10-11,16-17H2,1-4H3,(H,28,32)/t19-/m0/s1. The topological polar surface area (TPSA) is 96.0 Å². The number of carbonyl (C=O) groups excluding carboxylic acids is 2. The molecule has 10 heteroatoms. The summed E-state index contributed by atoms with van der Waals surface area (Å²) in [6.45, 7) is 3.20. The van der Waals surface area contributed by atoms with Crippen LogP contribution in [0.5, 0.6) is 5.75 Å². The molecule has 0 heterocycles. The third-order valence-corrected chi connectivity index (χ3v) is 8.01. The first-order chi connectivity index (χ1) is 17.0. The minimum absolute atomic E-state index is 0.104. The summed E-state index contributed by atoms with van der Waals surface area (Å²) in [5.74, 6) is -0.397. The lowest BCUT2D eigenvalue weighted by Crippen LogP contribution is -2.52. The van der Waals surface area contributed by atoms with E-state index in [2.05, 4.69) is 21.2 Å². The Hall–Kier alpha value is -2.59. The summed E-state index contributed by atoms with van der Waals surface area (Å²) in [4.78, 5) is 28.3. The van der Waals surface area contributed by atoms with Crippen molar-refractivity contribution in [3.8, 4) is 5.75 Å². The Bertz CT molecular complexity index is 1200. The van der Waals surface area contributed by atoms with Crippen molar-refractivity contribution < 1.29 is 22.7 Å². The van der Waals surface area contributed by atoms with Crippen LogP contribution in [0, 0.1) is 6.92 Å². The molecule has 1 aliphatic rings. The number of methoxy groups -OCH3 is 1. The molecule has 1 atom stereocenters. The highest BCUT2D eigenvalue weighted by Crippen LogP contribution is 2.31. The molecule has 3 rings (SSSR count). The van der Waals surface area contributed by atoms with E-state index in [1.54, 1.807) is 25.1 Å². The summed E-state index contributed by atoms with van der Waals surface area (Å²) in [6.07, 6.45) is 5.04. The largest absolute Gasteiger partial charge is 0.495 e. The summed E-state index contributed by atoms with van der Waals surface area (Å²) in [5.41, 5.74) is 1.92. The van der Waals surface area contributed by atoms with Gasteiger partial charge in [-0.15, -0.1) is 0 Å². The highest BCUT2D eigenvalue weighted by Gasteiger charge is 2.32. The number of aryl methyl sites for hydroxylation is 1. The van der Waals surface area contributed by atoms with Gasteiger partial charge in [0.05, 0.1) is 19.1 Å². The average molecular weight is 581 g/mol. The number of hydrogen-bond acceptors (Lipinski definition) is 5. The maximum absolute atomic E-state index is 13.7. The van der Waals surface area contributed by atoms with Crippen molar-refractivity contribution in [1.29, 1.82) is 0 Å². The Morgan fingerprint density at radius 1 is 1.17 bits per heavy atom. The lowest BCUT2D eigenvalue weighted by atomic mass is 10.1. The Balaban J connectivity index is 1.93. The van der Waals surface area contributed by atoms with Gasteiger partial charge in [0.15, 0.2) is 0 Å². The molecule has 2 aromatic rings. The molecule has 2 amide bonds. The van der Waals surface area contributed by atoms with Gasteiger partial charge in [-0.05, 0) is 62.1 Å². The molecule has 1 saturated carbocycles. The van der Waals surface area contributed by atoms with Crippen molar-refractivity contribution >= 4 is 43.5 Å². The number of nitrogens with one attached hydrogen (secondary N) is 1. The Kier molecular flexibility index (Phi) is 9.41. The minimum Gasteiger partial charge on any atom is -0.495 e. The number of ether oxygens (including phenoxy) is 1. The van der Waals surface area contributed by atoms with Gasteiger partial charge in [-0.25, -0.2) is 8.42 Å². The van der Waals surface area contributed by atoms with Gasteiger partial charge in [0.1, 0.15) is 18.3 Å². The molecule has 0 aromatic heterocycles. The molecule has 0 spiro atoms. The lowest BCUT2D eigenvalue weighted by Gasteiger charge is -2.32. The molecule has 8 nitrogen and oxygen atoms in total. The highest BCUT2D eigenvalue weighted by atomic mass is 79.9. The number of halogens is 1. The zero-order chi connectivity index (χ0) is 26.5. The van der Waals surface area contributed by atoms with Crippen LogP contribution < -0.4 is 14.4 Å². The van der Waals surface area contributed by atoms with Gasteiger partial charge in [0.2, 0.25) is 21.8 Å². The van der Waals surface area contributed by atoms with Crippen LogP contribution >= 0.6 is 15.9 Å². The fraction of sp³-hybridized carbons (Fsp3) is 0.462. The summed E-state index contributed by atoms with van der Waals surface area (Å²) in [7, 11) is -2.39. The van der Waals surface area contributed by atoms with E-state index in [0.29, 0.717) is 5.75 Å². The van der Waals surface area contributed by atoms with Gasteiger partial charge in [0, 0.05) is 17.1 Å². The first kappa shape index (κ1) is 28.0. The lowest BCUT2D eigenvalue weighted by molar-refractivity contribution is -0.139. The molecule has 0 aliphatic heterocycles. The number of nitrogens with zero attached hydrogens (tertiary/aromatic N) is 2. The maximum Gasteiger partial charge on any atom is 0.244 e. The quantitative estimate of drug-likeness (QED) is 0.459. The summed E-state index contributed by atoms with van der Waals surface area (Å²) in [6, 6.07) is 11.9. The molecule has 2 aromatic carbocycles. The molecule has 196 valence electrons. The zero-order valence-electron chi connectivity index (χ0n) is 21.2. The van der Waals surface area contributed by atoms with Crippen LogP contribution in [-0.2, 0) is 26.2 Å². The number of hydrogen-bond donors (Lipinski definition) is 1. The van der Waals surface area contributed by atoms with Gasteiger partial charge in [-0.1, -0.05) is 47.0 Å². The normalized spacial score (nSPS) is 14.8. The molecule has 0 bridgehead atoms. The molecule has 1 N–H and O–H groups in total. The van der Waals surface area contributed by atoms with Crippen LogP contribution in [0.1, 0.15) is 43.7 Å². The van der Waals surface area contributed by atoms with Crippen molar-refractivity contribution in [2.24, 2.45) is 0 Å². The summed E-state index contributed by atoms with van der Waals surface area (Å²) in [5, 5.41) is 3.06. The average Bonchev–Trinajstić information content (AvgIpc) is 3.32. The second-order valence-corrected chi connectivity index (χ2v) is 12.1. The van der Waals surface area contributed by atoms with Crippen LogP contribution in [0.2, 0.25) is 0 Å². The van der Waals surface area contributed by atoms with Gasteiger partial charge in [0.25, 0.3) is 0 Å². The molecule has 0 radical (unpaired) electrons. The second-order valence-electron chi connectivity index (χ2n) is 9.26. The van der Waals surface area contributed by atoms with E-state index in [9.17, 15) is 18.0 Å². The van der Waals surface area contributed by atoms with Crippen molar-refractivity contribution in [2.75, 3.05) is 24.2 Å². The first-order valence-electron chi connectivity index (χ1n) is 12.0. The SMILES string of the molecule is COc1ccc(C)cc1N(CC(=O)N(Cc1cccc(Br)c1)[C@@H](C)C(=O)NC1CCCC1)S(C)(=O)=O. The number of carbonyl (C=O) groups is 2. The number of benzene rings is 2. The fourth-order valence-corrected chi connectivity index (χ4v) is 5.69. The third kappa shape index (κ3) is 7.22. The second kappa shape index (κ2) is 12.1. The Labute approximate surface area is 222 Å². The van der Waals surface area contributed by atoms with E-state index in [1.807, 2.05) is 31.2 Å². The number of anilines is 1. The number of sulfonamides is 1. The van der Waals surface area contributed by atoms with E-state index in [-0.39, 0.29) is 24.2 Å². The molecule has 36 heavy (non-hydrogen) atoms. The smallest absolute Gasteiger partial charge is 0.244 e. The predicted octanol–water partition coefficient (Wildman–Crippen LogP) is 4.01. The Morgan fingerprint density at radius 3 is 2.47 bits per heavy atom. The molecule has 1 fully saturated rings. The van der Waals surface area contributed by atoms with Crippen LogP contribution in [0.3, 0.4) is 0 Å². The third-order valence-electron chi connectivity index (χ3n) is 6.39. The maximum atomic E-state index is 13.7. The van der Waals surface area contributed by atoms with E-state index >= 15 is 0 Å². The van der Waals surface area contributed by atoms with Crippen molar-refractivity contribution in [2.45, 2.75) is 58.2 Å². The molecular formula is C26H34BrN3O5S. The molecular weight excluding hydrogens is 546 g/mol. The molecule has 1 aliphatic carbocycles. The van der Waals surface area contributed by atoms with Gasteiger partial charge in [-0.2, -0.15) is 0 Å². The van der Waals surface area contributed by atoms with Gasteiger partial charge >= 0.3 is 0 Å². The van der Waals surface area contributed by atoms with Crippen LogP contribution in [-0.4, -0.2) is 57.1 Å². The number of amides is 2. The van der Waals surface area contributed by atoms with Crippen LogP contribution in [0.15, 0.2) is 46.9 Å². The highest BCUT2D eigenvalue weighted by molar-refractivity contribution is 9.10. The first-order valence-corrected chi connectivity index (χ1v) is 14.6. The predicted molar refractivity (Wildman–Crippen MR) is 144 cm³/mol. The molecule has 0 unspecified atom stereocenters. The van der Waals surface area contributed by atoms with E-state index in [1.165, 1.54) is 12.0 Å². The van der Waals surface area contributed by atoms with E-state index in [4.69, 9.17) is 4.74 Å². The summed E-state index contributed by atoms with van der Waals surface area (Å²) >= 11 is 3.45. The Morgan fingerprint density at radius 2 is 1.86 bits per heavy atom. The van der Waals surface area contributed by atoms with Crippen molar-refractivity contribution in [3.05, 3.63) is 58.1 Å². The van der Waals surface area contributed by atoms with Crippen LogP contribution in [0.25, 0.3) is 0 Å². The van der Waals surface area contributed by atoms with Gasteiger partial charge < -0.3 is 15.0 Å². The van der Waals surface area contributed by atoms with Crippen LogP contribution in [0.4, 0.5) is 5.69 Å². The zero-order valence-corrected chi connectivity index (χ0v) is 23.6. The van der Waals surface area contributed by atoms with Crippen molar-refractivity contribution in [3.63, 3.8) is 0 Å². The minimum atomic E-state index is -3.84. The summed E-state index contributed by atoms with van der Waals surface area (Å²) < 4.78 is 32.9. The monoisotopic (exact) mass is 579 g/mol.